The number of carbonyl (C=O) groups excluding carboxylic acids is 8. The van der Waals surface area contributed by atoms with Crippen LogP contribution in [-0.2, 0) is 43.1 Å². The van der Waals surface area contributed by atoms with Crippen LogP contribution in [-0.4, -0.2) is 222 Å². The predicted octanol–water partition coefficient (Wildman–Crippen LogP) is -3.66. The lowest BCUT2D eigenvalue weighted by molar-refractivity contribution is -0.150. The van der Waals surface area contributed by atoms with Crippen molar-refractivity contribution in [2.45, 2.75) is 222 Å². The molecule has 8 amide bonds. The zero-order valence-electron chi connectivity index (χ0n) is 49.6. The van der Waals surface area contributed by atoms with Crippen LogP contribution in [0.1, 0.15) is 142 Å². The van der Waals surface area contributed by atoms with Crippen LogP contribution < -0.4 is 49.1 Å². The normalized spacial score (nSPS) is 27.4. The van der Waals surface area contributed by atoms with E-state index in [0.29, 0.717) is 31.1 Å². The molecule has 0 aliphatic carbocycles. The van der Waals surface area contributed by atoms with Gasteiger partial charge in [-0.1, -0.05) is 77.8 Å². The van der Waals surface area contributed by atoms with Crippen molar-refractivity contribution >= 4 is 47.3 Å². The molecule has 4 rings (SSSR count). The first-order chi connectivity index (χ1) is 40.3. The Morgan fingerprint density at radius 1 is 0.718 bits per heavy atom. The number of nitrogens with two attached hydrogens (primary N) is 3. The van der Waals surface area contributed by atoms with Gasteiger partial charge in [-0.05, 0) is 81.5 Å². The number of amides is 8. The lowest BCUT2D eigenvalue weighted by Crippen LogP contribution is -2.64. The van der Waals surface area contributed by atoms with E-state index in [-0.39, 0.29) is 56.8 Å². The minimum Gasteiger partial charge on any atom is -0.508 e. The van der Waals surface area contributed by atoms with Gasteiger partial charge in [0.25, 0.3) is 0 Å². The molecule has 482 valence electrons. The average molecular weight is 1210 g/mol. The van der Waals surface area contributed by atoms with Gasteiger partial charge >= 0.3 is 0 Å². The highest BCUT2D eigenvalue weighted by Gasteiger charge is 2.49. The van der Waals surface area contributed by atoms with Crippen LogP contribution in [0.15, 0.2) is 24.3 Å². The lowest BCUT2D eigenvalue weighted by Gasteiger charge is -2.35. The van der Waals surface area contributed by atoms with E-state index in [4.69, 9.17) is 21.9 Å². The summed E-state index contributed by atoms with van der Waals surface area (Å²) in [5.74, 6) is -7.59. The second-order valence-electron chi connectivity index (χ2n) is 23.2. The molecule has 3 aliphatic heterocycles. The number of aliphatic hydroxyl groups is 7. The summed E-state index contributed by atoms with van der Waals surface area (Å²) in [5.41, 5.74) is 17.2. The van der Waals surface area contributed by atoms with Crippen LogP contribution in [0.25, 0.3) is 0 Å². The Hall–Kier alpha value is -5.66. The molecule has 2 unspecified atom stereocenters. The number of phenolic OH excluding ortho intramolecular Hbond substituents is 1. The summed E-state index contributed by atoms with van der Waals surface area (Å²) < 4.78 is 5.76. The quantitative estimate of drug-likeness (QED) is 0.0360. The first kappa shape index (κ1) is 71.8. The molecule has 28 nitrogen and oxygen atoms in total. The van der Waals surface area contributed by atoms with Crippen LogP contribution in [0.2, 0.25) is 0 Å². The Labute approximate surface area is 497 Å². The highest BCUT2D eigenvalue weighted by atomic mass is 16.5. The molecule has 0 saturated carbocycles. The fourth-order valence-corrected chi connectivity index (χ4v) is 10.9. The Balaban J connectivity index is 1.77. The molecular formula is C57H97N11O17. The number of phenols is 1. The predicted molar refractivity (Wildman–Crippen MR) is 308 cm³/mol. The van der Waals surface area contributed by atoms with Gasteiger partial charge in [0, 0.05) is 45.4 Å². The van der Waals surface area contributed by atoms with Crippen molar-refractivity contribution in [2.24, 2.45) is 29.0 Å². The van der Waals surface area contributed by atoms with E-state index < -0.39 is 171 Å². The highest BCUT2D eigenvalue weighted by molar-refractivity contribution is 5.98. The summed E-state index contributed by atoms with van der Waals surface area (Å²) in [5, 5.41) is 105. The number of unbranched alkanes of at least 4 members (excludes halogenated alkanes) is 5. The maximum atomic E-state index is 14.9. The Bertz CT molecular complexity index is 2310. The number of aromatic hydroxyl groups is 1. The molecule has 28 heteroatoms. The summed E-state index contributed by atoms with van der Waals surface area (Å²) in [4.78, 5) is 116. The third-order valence-corrected chi connectivity index (χ3v) is 16.1. The van der Waals surface area contributed by atoms with Gasteiger partial charge in [-0.3, -0.25) is 38.4 Å². The summed E-state index contributed by atoms with van der Waals surface area (Å²) >= 11 is 0. The minimum absolute atomic E-state index is 0.0624. The fraction of sp³-hybridized carbons (Fsp3) is 0.754. The summed E-state index contributed by atoms with van der Waals surface area (Å²) in [7, 11) is 0. The molecule has 17 atom stereocenters. The van der Waals surface area contributed by atoms with Gasteiger partial charge in [0.15, 0.2) is 6.23 Å². The molecule has 0 bridgehead atoms. The van der Waals surface area contributed by atoms with Crippen LogP contribution in [0.3, 0.4) is 0 Å². The second-order valence-corrected chi connectivity index (χ2v) is 23.2. The van der Waals surface area contributed by atoms with E-state index in [1.807, 2.05) is 0 Å². The maximum absolute atomic E-state index is 14.9. The van der Waals surface area contributed by atoms with Crippen LogP contribution in [0.5, 0.6) is 5.75 Å². The Morgan fingerprint density at radius 2 is 1.35 bits per heavy atom. The third-order valence-electron chi connectivity index (χ3n) is 16.1. The first-order valence-corrected chi connectivity index (χ1v) is 30.1. The summed E-state index contributed by atoms with van der Waals surface area (Å²) in [6.45, 7) is 6.26. The molecule has 3 saturated heterocycles. The minimum atomic E-state index is -2.35. The molecule has 1 aromatic carbocycles. The van der Waals surface area contributed by atoms with Crippen molar-refractivity contribution in [3.8, 4) is 5.75 Å². The van der Waals surface area contributed by atoms with Crippen LogP contribution in [0.4, 0.5) is 0 Å². The van der Waals surface area contributed by atoms with E-state index in [1.54, 1.807) is 0 Å². The fourth-order valence-electron chi connectivity index (χ4n) is 10.9. The smallest absolute Gasteiger partial charge is 0.248 e. The lowest BCUT2D eigenvalue weighted by atomic mass is 9.91. The van der Waals surface area contributed by atoms with E-state index in [9.17, 15) is 79.2 Å². The molecule has 3 fully saturated rings. The van der Waals surface area contributed by atoms with Gasteiger partial charge < -0.3 is 104 Å². The summed E-state index contributed by atoms with van der Waals surface area (Å²) in [6, 6.07) is -8.02. The van der Waals surface area contributed by atoms with Gasteiger partial charge in [-0.25, -0.2) is 0 Å². The number of fused-ring (bicyclic) bond motifs is 2. The first-order valence-electron chi connectivity index (χ1n) is 30.1. The number of rotatable bonds is 28. The van der Waals surface area contributed by atoms with Crippen molar-refractivity contribution in [3.05, 3.63) is 29.8 Å². The third kappa shape index (κ3) is 21.9. The monoisotopic (exact) mass is 1210 g/mol. The van der Waals surface area contributed by atoms with E-state index in [2.05, 4.69) is 52.7 Å². The number of benzene rings is 1. The standard InChI is InChI=1S/C57H97N11O17/c1-5-31(2)27-32(3)13-10-8-6-7-9-11-15-43(75)62-38-29-42(74)55(85-26-23-59)66-54(82)47-41(73)21-25-67(47)57(84)45(40(72)20-24-61-50(78)37(60)14-12-22-58)64-53(81)46(49(77)48(76)34-16-18-35(70)19-17-34)65-52(80)39-28-36(71)30-68(39)56(83)44(33(4)69)63-51(38)79/h16-19,31-33,36-42,44-49,55,69-74,76-77H,5-15,20-30,58-60H2,1-4H3,(H,61,78)(H,62,75)(H,63,79)(H,64,81)(H,65,80)(H,66,82)/t31?,32?,33-,36-,37+,38-,39+,40-,41+,42+,44+,45+,46+,47+,48+,49+,55-/m1/s1. The Morgan fingerprint density at radius 3 is 2.00 bits per heavy atom. The van der Waals surface area contributed by atoms with Crippen molar-refractivity contribution in [2.75, 3.05) is 39.3 Å². The van der Waals surface area contributed by atoms with Gasteiger partial charge in [-0.15, -0.1) is 0 Å². The number of nitrogens with one attached hydrogen (secondary N) is 6. The molecule has 0 radical (unpaired) electrons. The number of hydrogen-bond donors (Lipinski definition) is 17. The number of hydrogen-bond acceptors (Lipinski definition) is 20. The molecule has 3 heterocycles. The van der Waals surface area contributed by atoms with E-state index in [1.165, 1.54) is 18.6 Å². The molecule has 3 aliphatic rings. The van der Waals surface area contributed by atoms with E-state index in [0.717, 1.165) is 67.4 Å². The molecule has 0 spiro atoms. The van der Waals surface area contributed by atoms with Gasteiger partial charge in [-0.2, -0.15) is 0 Å². The largest absolute Gasteiger partial charge is 0.508 e. The van der Waals surface area contributed by atoms with Gasteiger partial charge in [0.05, 0.1) is 37.1 Å². The van der Waals surface area contributed by atoms with Gasteiger partial charge in [0.1, 0.15) is 60.3 Å². The number of ether oxygens (including phenoxy) is 1. The molecule has 0 aromatic heterocycles. The van der Waals surface area contributed by atoms with Crippen LogP contribution in [0, 0.1) is 11.8 Å². The zero-order chi connectivity index (χ0) is 63.1. The average Bonchev–Trinajstić information content (AvgIpc) is 4.33. The number of aliphatic hydroxyl groups excluding tert-OH is 7. The second kappa shape index (κ2) is 35.8. The van der Waals surface area contributed by atoms with Gasteiger partial charge in [0.2, 0.25) is 47.3 Å². The van der Waals surface area contributed by atoms with Crippen LogP contribution >= 0.6 is 0 Å². The van der Waals surface area contributed by atoms with Crippen molar-refractivity contribution in [1.82, 2.24) is 41.7 Å². The van der Waals surface area contributed by atoms with Crippen molar-refractivity contribution in [3.63, 3.8) is 0 Å². The molecule has 85 heavy (non-hydrogen) atoms. The zero-order valence-corrected chi connectivity index (χ0v) is 49.6. The van der Waals surface area contributed by atoms with Crippen molar-refractivity contribution < 1.29 is 83.9 Å². The van der Waals surface area contributed by atoms with Crippen molar-refractivity contribution in [1.29, 1.82) is 0 Å². The summed E-state index contributed by atoms with van der Waals surface area (Å²) in [6.07, 6.45) is -7.87. The Kier molecular flexibility index (Phi) is 30.3. The SMILES string of the molecule is CCC(C)CC(C)CCCCCCCCC(=O)N[C@@H]1C[C@H](O)[C@@H](OCCN)NC(=O)[C@@H]2[C@@H](O)CCN2C(=O)[C@H]([C@H](O)CCNC(=O)[C@@H](N)CCCN)NC(=O)[C@H]([C@H](O)[C@@H](O)c2ccc(O)cc2)NC(=O)[C@@H]2C[C@@H](O)CN2C(=O)[C@H]([C@@H](C)O)NC1=O. The molecule has 20 N–H and O–H groups in total. The topological polar surface area (TPSA) is 464 Å². The molecule has 1 aromatic rings. The highest BCUT2D eigenvalue weighted by Crippen LogP contribution is 2.27. The number of nitrogens with zero attached hydrogens (tertiary/aromatic N) is 2. The van der Waals surface area contributed by atoms with E-state index >= 15 is 0 Å². The number of carbonyl (C=O) groups is 8. The maximum Gasteiger partial charge on any atom is 0.248 e. The molecular weight excluding hydrogens is 1110 g/mol.